The average molecular weight is 533 g/mol. The summed E-state index contributed by atoms with van der Waals surface area (Å²) in [5.41, 5.74) is 1.52. The normalized spacial score (nSPS) is 15.0. The minimum atomic E-state index is -3.36. The quantitative estimate of drug-likeness (QED) is 0.425. The van der Waals surface area contributed by atoms with Crippen molar-refractivity contribution in [1.29, 1.82) is 0 Å². The number of nitrogens with one attached hydrogen (secondary N) is 2. The smallest absolute Gasteiger partial charge is 0.280 e. The lowest BCUT2D eigenvalue weighted by molar-refractivity contribution is 0.0950. The Morgan fingerprint density at radius 2 is 2.00 bits per heavy atom. The standard InChI is InChI=1S/C19H20N6O4S2.C4H8O/c1-2-29-17-11-20-9-15(24-17)16-10-23-19(30-16)18(26)22-8-13-7-12(5-6-21-13)25-31(27,28)14-3-4-14;1-2-4-5-3-1/h5-7,9-11,14H,2-4,8H2,1H3,(H,21,25)(H,22,26);1-4H2. The largest absolute Gasteiger partial charge is 0.477 e. The van der Waals surface area contributed by atoms with Gasteiger partial charge in [-0.3, -0.25) is 19.5 Å². The van der Waals surface area contributed by atoms with Gasteiger partial charge in [-0.15, -0.1) is 11.3 Å². The van der Waals surface area contributed by atoms with E-state index in [1.807, 2.05) is 6.92 Å². The summed E-state index contributed by atoms with van der Waals surface area (Å²) >= 11 is 1.18. The third kappa shape index (κ3) is 7.42. The summed E-state index contributed by atoms with van der Waals surface area (Å²) in [6.45, 7) is 4.47. The van der Waals surface area contributed by atoms with Gasteiger partial charge in [-0.1, -0.05) is 0 Å². The van der Waals surface area contributed by atoms with E-state index in [-0.39, 0.29) is 22.7 Å². The van der Waals surface area contributed by atoms with Gasteiger partial charge in [0, 0.05) is 25.6 Å². The average Bonchev–Trinajstić information content (AvgIpc) is 3.34. The van der Waals surface area contributed by atoms with E-state index < -0.39 is 10.0 Å². The molecule has 11 nitrogen and oxygen atoms in total. The molecule has 36 heavy (non-hydrogen) atoms. The zero-order chi connectivity index (χ0) is 25.4. The highest BCUT2D eigenvalue weighted by molar-refractivity contribution is 7.93. The lowest BCUT2D eigenvalue weighted by Crippen LogP contribution is -2.23. The molecule has 1 saturated carbocycles. The van der Waals surface area contributed by atoms with E-state index in [0.29, 0.717) is 47.3 Å². The number of pyridine rings is 1. The molecule has 4 heterocycles. The van der Waals surface area contributed by atoms with Crippen LogP contribution < -0.4 is 14.8 Å². The van der Waals surface area contributed by atoms with Gasteiger partial charge in [0.05, 0.1) is 47.1 Å². The molecule has 1 aliphatic carbocycles. The van der Waals surface area contributed by atoms with Crippen molar-refractivity contribution in [3.8, 4) is 16.5 Å². The second kappa shape index (κ2) is 12.2. The van der Waals surface area contributed by atoms with E-state index in [1.165, 1.54) is 36.6 Å². The monoisotopic (exact) mass is 532 g/mol. The highest BCUT2D eigenvalue weighted by atomic mass is 32.2. The van der Waals surface area contributed by atoms with Gasteiger partial charge in [0.25, 0.3) is 5.91 Å². The lowest BCUT2D eigenvalue weighted by Gasteiger charge is -2.08. The Bertz CT molecular complexity index is 1270. The maximum absolute atomic E-state index is 12.5. The first-order valence-electron chi connectivity index (χ1n) is 11.7. The Morgan fingerprint density at radius 3 is 2.69 bits per heavy atom. The number of ether oxygens (including phenoxy) is 2. The maximum Gasteiger partial charge on any atom is 0.280 e. The number of thiazole rings is 1. The first kappa shape index (κ1) is 25.9. The second-order valence-electron chi connectivity index (χ2n) is 8.09. The van der Waals surface area contributed by atoms with E-state index in [4.69, 9.17) is 9.47 Å². The van der Waals surface area contributed by atoms with E-state index in [9.17, 15) is 13.2 Å². The fourth-order valence-electron chi connectivity index (χ4n) is 3.20. The van der Waals surface area contributed by atoms with Crippen molar-refractivity contribution in [3.63, 3.8) is 0 Å². The number of hydrogen-bond acceptors (Lipinski definition) is 10. The molecule has 13 heteroatoms. The van der Waals surface area contributed by atoms with Gasteiger partial charge in [-0.25, -0.2) is 18.4 Å². The number of carbonyl (C=O) groups is 1. The van der Waals surface area contributed by atoms with Gasteiger partial charge in [0.1, 0.15) is 5.69 Å². The van der Waals surface area contributed by atoms with Gasteiger partial charge in [-0.2, -0.15) is 0 Å². The number of hydrogen-bond donors (Lipinski definition) is 2. The van der Waals surface area contributed by atoms with Crippen LogP contribution in [-0.4, -0.2) is 59.3 Å². The third-order valence-electron chi connectivity index (χ3n) is 5.15. The summed E-state index contributed by atoms with van der Waals surface area (Å²) in [6.07, 6.45) is 10.1. The highest BCUT2D eigenvalue weighted by Crippen LogP contribution is 2.29. The van der Waals surface area contributed by atoms with Crippen molar-refractivity contribution in [2.45, 2.75) is 44.4 Å². The second-order valence-corrected chi connectivity index (χ2v) is 11.1. The summed E-state index contributed by atoms with van der Waals surface area (Å²) in [6, 6.07) is 3.18. The fraction of sp³-hybridized carbons (Fsp3) is 0.435. The molecule has 0 radical (unpaired) electrons. The van der Waals surface area contributed by atoms with Crippen LogP contribution in [0.5, 0.6) is 5.88 Å². The Kier molecular flexibility index (Phi) is 8.78. The topological polar surface area (TPSA) is 145 Å². The van der Waals surface area contributed by atoms with Crippen molar-refractivity contribution in [1.82, 2.24) is 25.3 Å². The van der Waals surface area contributed by atoms with Crippen LogP contribution >= 0.6 is 11.3 Å². The number of nitrogens with zero attached hydrogens (tertiary/aromatic N) is 4. The molecule has 3 aromatic heterocycles. The summed E-state index contributed by atoms with van der Waals surface area (Å²) < 4.78 is 37.0. The van der Waals surface area contributed by atoms with Crippen molar-refractivity contribution >= 4 is 33.0 Å². The van der Waals surface area contributed by atoms with Gasteiger partial charge in [0.15, 0.2) is 5.01 Å². The molecule has 0 atom stereocenters. The van der Waals surface area contributed by atoms with Gasteiger partial charge < -0.3 is 14.8 Å². The molecule has 2 fully saturated rings. The van der Waals surface area contributed by atoms with Crippen LogP contribution in [0.1, 0.15) is 48.1 Å². The maximum atomic E-state index is 12.5. The van der Waals surface area contributed by atoms with Crippen molar-refractivity contribution in [2.75, 3.05) is 24.5 Å². The van der Waals surface area contributed by atoms with Crippen LogP contribution in [0.15, 0.2) is 36.9 Å². The molecule has 5 rings (SSSR count). The SMILES string of the molecule is C1CCOC1.CCOc1cncc(-c2cnc(C(=O)NCc3cc(NS(=O)(=O)C4CC4)ccn3)s2)n1. The van der Waals surface area contributed by atoms with Crippen LogP contribution in [-0.2, 0) is 21.3 Å². The summed E-state index contributed by atoms with van der Waals surface area (Å²) in [7, 11) is -3.36. The highest BCUT2D eigenvalue weighted by Gasteiger charge is 2.35. The van der Waals surface area contributed by atoms with E-state index in [2.05, 4.69) is 30.0 Å². The molecule has 3 aromatic rings. The molecule has 0 aromatic carbocycles. The van der Waals surface area contributed by atoms with Crippen molar-refractivity contribution < 1.29 is 22.7 Å². The predicted octanol–water partition coefficient (Wildman–Crippen LogP) is 3.02. The molecular formula is C23H28N6O5S2. The van der Waals surface area contributed by atoms with Gasteiger partial charge >= 0.3 is 0 Å². The number of carbonyl (C=O) groups excluding carboxylic acids is 1. The Labute approximate surface area is 213 Å². The number of anilines is 1. The minimum absolute atomic E-state index is 0.131. The number of rotatable bonds is 9. The lowest BCUT2D eigenvalue weighted by atomic mass is 10.3. The fourth-order valence-corrected chi connectivity index (χ4v) is 5.37. The number of aromatic nitrogens is 4. The van der Waals surface area contributed by atoms with Gasteiger partial charge in [-0.05, 0) is 44.7 Å². The molecule has 1 amide bonds. The van der Waals surface area contributed by atoms with Gasteiger partial charge in [0.2, 0.25) is 15.9 Å². The molecule has 2 N–H and O–H groups in total. The zero-order valence-corrected chi connectivity index (χ0v) is 21.5. The van der Waals surface area contributed by atoms with Crippen LogP contribution in [0.2, 0.25) is 0 Å². The summed E-state index contributed by atoms with van der Waals surface area (Å²) in [4.78, 5) is 29.9. The van der Waals surface area contributed by atoms with Crippen LogP contribution in [0.4, 0.5) is 5.69 Å². The Balaban J connectivity index is 0.000000543. The van der Waals surface area contributed by atoms with Crippen LogP contribution in [0.3, 0.4) is 0 Å². The zero-order valence-electron chi connectivity index (χ0n) is 19.8. The van der Waals surface area contributed by atoms with Crippen molar-refractivity contribution in [2.24, 2.45) is 0 Å². The molecule has 1 aliphatic heterocycles. The van der Waals surface area contributed by atoms with E-state index >= 15 is 0 Å². The van der Waals surface area contributed by atoms with E-state index in [1.54, 1.807) is 24.5 Å². The van der Waals surface area contributed by atoms with Crippen molar-refractivity contribution in [3.05, 3.63) is 47.6 Å². The third-order valence-corrected chi connectivity index (χ3v) is 8.04. The Hall–Kier alpha value is -3.16. The number of sulfonamides is 1. The molecular weight excluding hydrogens is 504 g/mol. The molecule has 0 unspecified atom stereocenters. The molecule has 1 saturated heterocycles. The first-order valence-corrected chi connectivity index (χ1v) is 14.0. The predicted molar refractivity (Wildman–Crippen MR) is 135 cm³/mol. The molecule has 2 aliphatic rings. The molecule has 0 bridgehead atoms. The first-order chi connectivity index (χ1) is 17.4. The van der Waals surface area contributed by atoms with Crippen LogP contribution in [0.25, 0.3) is 10.6 Å². The summed E-state index contributed by atoms with van der Waals surface area (Å²) in [5, 5.41) is 2.70. The van der Waals surface area contributed by atoms with Crippen LogP contribution in [0, 0.1) is 0 Å². The minimum Gasteiger partial charge on any atom is -0.477 e. The number of amides is 1. The molecule has 192 valence electrons. The molecule has 0 spiro atoms. The summed E-state index contributed by atoms with van der Waals surface area (Å²) in [5.74, 6) is 0.0404. The Morgan fingerprint density at radius 1 is 1.19 bits per heavy atom. The van der Waals surface area contributed by atoms with E-state index in [0.717, 1.165) is 13.2 Å².